The van der Waals surface area contributed by atoms with Crippen molar-refractivity contribution < 1.29 is 14.3 Å². The molecule has 0 aliphatic carbocycles. The molecule has 1 aliphatic rings. The van der Waals surface area contributed by atoms with Crippen LogP contribution in [0.5, 0.6) is 0 Å². The number of nitrogens with one attached hydrogen (secondary N) is 2. The van der Waals surface area contributed by atoms with E-state index < -0.39 is 11.4 Å². The molecule has 1 saturated heterocycles. The van der Waals surface area contributed by atoms with Crippen LogP contribution in [0.4, 0.5) is 4.39 Å². The van der Waals surface area contributed by atoms with Gasteiger partial charge in [0.05, 0.1) is 30.2 Å². The summed E-state index contributed by atoms with van der Waals surface area (Å²) in [5.41, 5.74) is 0.215. The first kappa shape index (κ1) is 18.0. The van der Waals surface area contributed by atoms with Crippen molar-refractivity contribution in [1.29, 1.82) is 10.7 Å². The fourth-order valence-corrected chi connectivity index (χ4v) is 4.07. The summed E-state index contributed by atoms with van der Waals surface area (Å²) >= 11 is 1.26. The summed E-state index contributed by atoms with van der Waals surface area (Å²) in [4.78, 5) is 14.7. The number of carbonyl (C=O) groups excluding carboxylic acids is 1. The Bertz CT molecular complexity index is 929. The quantitative estimate of drug-likeness (QED) is 0.771. The lowest BCUT2D eigenvalue weighted by atomic mass is 9.91. The number of hydrogen-bond acceptors (Lipinski definition) is 5. The van der Waals surface area contributed by atoms with E-state index in [2.05, 4.69) is 5.32 Å². The van der Waals surface area contributed by atoms with E-state index in [-0.39, 0.29) is 30.5 Å². The third-order valence-electron chi connectivity index (χ3n) is 4.49. The topological polar surface area (TPSA) is 100 Å². The molecule has 6 nitrogen and oxygen atoms in total. The fourth-order valence-electron chi connectivity index (χ4n) is 2.93. The first-order valence-corrected chi connectivity index (χ1v) is 8.68. The number of halogens is 1. The minimum Gasteiger partial charge on any atom is -0.391 e. The first-order valence-electron chi connectivity index (χ1n) is 7.86. The molecule has 2 heterocycles. The van der Waals surface area contributed by atoms with E-state index >= 15 is 0 Å². The number of aliphatic hydroxyl groups is 1. The number of nitrogens with zero attached hydrogens (tertiary/aromatic N) is 2. The highest BCUT2D eigenvalue weighted by Gasteiger charge is 2.39. The average Bonchev–Trinajstić information content (AvgIpc) is 3.05. The summed E-state index contributed by atoms with van der Waals surface area (Å²) in [5.74, 6) is -0.704. The number of amides is 1. The number of guanidine groups is 1. The second kappa shape index (κ2) is 6.52. The lowest BCUT2D eigenvalue weighted by Crippen LogP contribution is -2.57. The maximum Gasteiger partial charge on any atom is 0.231 e. The van der Waals surface area contributed by atoms with Gasteiger partial charge >= 0.3 is 0 Å². The summed E-state index contributed by atoms with van der Waals surface area (Å²) in [6.45, 7) is 1.50. The van der Waals surface area contributed by atoms with Crippen LogP contribution < -0.4 is 5.32 Å². The lowest BCUT2D eigenvalue weighted by Gasteiger charge is -2.38. The van der Waals surface area contributed by atoms with Gasteiger partial charge in [0.1, 0.15) is 5.82 Å². The van der Waals surface area contributed by atoms with E-state index in [1.54, 1.807) is 13.0 Å². The van der Waals surface area contributed by atoms with Crippen LogP contribution in [0.3, 0.4) is 0 Å². The molecule has 0 radical (unpaired) electrons. The maximum absolute atomic E-state index is 14.3. The van der Waals surface area contributed by atoms with Gasteiger partial charge in [-0.3, -0.25) is 15.1 Å². The molecule has 1 aromatic carbocycles. The van der Waals surface area contributed by atoms with Crippen molar-refractivity contribution in [2.75, 3.05) is 7.05 Å². The Hall–Kier alpha value is -2.76. The minimum atomic E-state index is -0.823. The van der Waals surface area contributed by atoms with Gasteiger partial charge in [-0.25, -0.2) is 4.39 Å². The second-order valence-corrected chi connectivity index (χ2v) is 7.48. The number of carbonyl (C=O) groups is 1. The molecular formula is C18H17FN4O2S. The number of nitriles is 1. The normalized spacial score (nSPS) is 20.0. The molecule has 8 heteroatoms. The monoisotopic (exact) mass is 372 g/mol. The second-order valence-electron chi connectivity index (χ2n) is 6.35. The largest absolute Gasteiger partial charge is 0.391 e. The molecule has 1 atom stereocenters. The predicted octanol–water partition coefficient (Wildman–Crippen LogP) is 2.52. The molecule has 1 aromatic heterocycles. The van der Waals surface area contributed by atoms with Crippen LogP contribution >= 0.6 is 11.3 Å². The van der Waals surface area contributed by atoms with Gasteiger partial charge in [-0.2, -0.15) is 5.26 Å². The van der Waals surface area contributed by atoms with Gasteiger partial charge in [-0.05, 0) is 31.2 Å². The number of benzene rings is 1. The van der Waals surface area contributed by atoms with Crippen LogP contribution in [-0.4, -0.2) is 28.9 Å². The van der Waals surface area contributed by atoms with Crippen LogP contribution in [0, 0.1) is 22.6 Å². The Labute approximate surface area is 154 Å². The zero-order chi connectivity index (χ0) is 19.1. The molecule has 1 aliphatic heterocycles. The highest BCUT2D eigenvalue weighted by molar-refractivity contribution is 7.12. The number of hydrogen-bond donors (Lipinski definition) is 3. The SMILES string of the molecule is CN1C(=N)N[C@](C)(c2cc(-c3cc(C#N)ccc3F)c(CO)s2)CC1=O. The van der Waals surface area contributed by atoms with E-state index in [9.17, 15) is 14.3 Å². The Morgan fingerprint density at radius 1 is 1.46 bits per heavy atom. The van der Waals surface area contributed by atoms with Crippen LogP contribution in [0.25, 0.3) is 11.1 Å². The summed E-state index contributed by atoms with van der Waals surface area (Å²) in [5, 5.41) is 29.7. The van der Waals surface area contributed by atoms with Crippen molar-refractivity contribution in [3.63, 3.8) is 0 Å². The smallest absolute Gasteiger partial charge is 0.231 e. The van der Waals surface area contributed by atoms with Gasteiger partial charge in [-0.15, -0.1) is 11.3 Å². The third-order valence-corrected chi connectivity index (χ3v) is 5.87. The highest BCUT2D eigenvalue weighted by Crippen LogP contribution is 2.40. The van der Waals surface area contributed by atoms with E-state index in [0.717, 1.165) is 0 Å². The molecule has 3 N–H and O–H groups in total. The predicted molar refractivity (Wildman–Crippen MR) is 96.0 cm³/mol. The van der Waals surface area contributed by atoms with Crippen LogP contribution in [0.15, 0.2) is 24.3 Å². The van der Waals surface area contributed by atoms with Gasteiger partial charge in [-0.1, -0.05) is 0 Å². The minimum absolute atomic E-state index is 0.0121. The Morgan fingerprint density at radius 2 is 2.19 bits per heavy atom. The molecule has 1 fully saturated rings. The fraction of sp³-hybridized carbons (Fsp3) is 0.278. The lowest BCUT2D eigenvalue weighted by molar-refractivity contribution is -0.129. The average molecular weight is 372 g/mol. The van der Waals surface area contributed by atoms with Gasteiger partial charge < -0.3 is 10.4 Å². The van der Waals surface area contributed by atoms with Gasteiger partial charge in [0.25, 0.3) is 0 Å². The Morgan fingerprint density at radius 3 is 2.81 bits per heavy atom. The summed E-state index contributed by atoms with van der Waals surface area (Å²) in [7, 11) is 1.53. The molecular weight excluding hydrogens is 355 g/mol. The van der Waals surface area contributed by atoms with Crippen molar-refractivity contribution in [1.82, 2.24) is 10.2 Å². The molecule has 0 saturated carbocycles. The Kier molecular flexibility index (Phi) is 4.52. The van der Waals surface area contributed by atoms with Gasteiger partial charge in [0.2, 0.25) is 5.91 Å². The molecule has 2 aromatic rings. The third kappa shape index (κ3) is 2.96. The van der Waals surface area contributed by atoms with E-state index in [4.69, 9.17) is 10.7 Å². The van der Waals surface area contributed by atoms with Crippen LogP contribution in [-0.2, 0) is 16.9 Å². The molecule has 0 unspecified atom stereocenters. The summed E-state index contributed by atoms with van der Waals surface area (Å²) < 4.78 is 14.3. The first-order chi connectivity index (χ1) is 12.3. The molecule has 0 bridgehead atoms. The summed E-state index contributed by atoms with van der Waals surface area (Å²) in [6.07, 6.45) is 0.136. The Balaban J connectivity index is 2.10. The van der Waals surface area contributed by atoms with E-state index in [1.165, 1.54) is 41.5 Å². The van der Waals surface area contributed by atoms with Crippen molar-refractivity contribution in [3.8, 4) is 17.2 Å². The van der Waals surface area contributed by atoms with Gasteiger partial charge in [0.15, 0.2) is 5.96 Å². The highest BCUT2D eigenvalue weighted by atomic mass is 32.1. The van der Waals surface area contributed by atoms with E-state index in [0.29, 0.717) is 20.9 Å². The molecule has 3 rings (SSSR count). The number of aliphatic hydroxyl groups excluding tert-OH is 1. The van der Waals surface area contributed by atoms with Crippen molar-refractivity contribution in [3.05, 3.63) is 45.4 Å². The zero-order valence-electron chi connectivity index (χ0n) is 14.3. The number of thiophene rings is 1. The van der Waals surface area contributed by atoms with Crippen molar-refractivity contribution in [2.24, 2.45) is 0 Å². The molecule has 0 spiro atoms. The van der Waals surface area contributed by atoms with Gasteiger partial charge in [0, 0.05) is 27.9 Å². The van der Waals surface area contributed by atoms with E-state index in [1.807, 2.05) is 6.07 Å². The van der Waals surface area contributed by atoms with Crippen LogP contribution in [0.1, 0.15) is 28.7 Å². The zero-order valence-corrected chi connectivity index (χ0v) is 15.1. The van der Waals surface area contributed by atoms with Crippen molar-refractivity contribution >= 4 is 23.2 Å². The maximum atomic E-state index is 14.3. The molecule has 1 amide bonds. The number of rotatable bonds is 3. The van der Waals surface area contributed by atoms with Crippen LogP contribution in [0.2, 0.25) is 0 Å². The molecule has 134 valence electrons. The summed E-state index contributed by atoms with van der Waals surface area (Å²) in [6, 6.07) is 7.76. The van der Waals surface area contributed by atoms with Crippen molar-refractivity contribution in [2.45, 2.75) is 25.5 Å². The molecule has 26 heavy (non-hydrogen) atoms. The standard InChI is InChI=1S/C18H17FN4O2S/c1-18(7-16(25)23(2)17(21)22-18)15-6-12(14(9-24)26-15)11-5-10(8-20)3-4-13(11)19/h3-6,24H,7,9H2,1-2H3,(H2,21,22)/t18-/m0/s1.